The molecule has 4 nitrogen and oxygen atoms in total. The molecule has 5 heteroatoms. The second-order valence-electron chi connectivity index (χ2n) is 6.81. The van der Waals surface area contributed by atoms with Crippen LogP contribution in [0.3, 0.4) is 0 Å². The Morgan fingerprint density at radius 1 is 1.20 bits per heavy atom. The lowest BCUT2D eigenvalue weighted by molar-refractivity contribution is 0.293. The van der Waals surface area contributed by atoms with Crippen LogP contribution in [0.15, 0.2) is 29.2 Å². The zero-order valence-corrected chi connectivity index (χ0v) is 12.8. The van der Waals surface area contributed by atoms with Gasteiger partial charge in [0.25, 0.3) is 0 Å². The number of hydrogen-bond donors (Lipinski definition) is 0. The Bertz CT molecular complexity index is 684. The van der Waals surface area contributed by atoms with Gasteiger partial charge in [0.1, 0.15) is 0 Å². The molecule has 0 spiro atoms. The number of ether oxygens (including phenoxy) is 1. The van der Waals surface area contributed by atoms with Crippen molar-refractivity contribution >= 4 is 10.0 Å². The number of fused-ring (bicyclic) bond motifs is 2. The number of benzene rings is 1. The third-order valence-corrected chi connectivity index (χ3v) is 7.30. The largest absolute Gasteiger partial charge is 0.366 e. The maximum atomic E-state index is 12.8. The van der Waals surface area contributed by atoms with Crippen LogP contribution < -0.4 is 0 Å². The maximum absolute atomic E-state index is 12.8. The molecule has 1 unspecified atom stereocenters. The molecular weight excluding hydrogens is 274 g/mol. The molecule has 20 heavy (non-hydrogen) atoms. The SMILES string of the molecule is Cc1ccc(S(=O)(=O)N2[C@@H]3C[C@]4(C)O[C@@H]4C[C@@]32C)cc1. The fourth-order valence-corrected chi connectivity index (χ4v) is 5.79. The van der Waals surface area contributed by atoms with Crippen LogP contribution in [-0.4, -0.2) is 36.0 Å². The Balaban J connectivity index is 1.67. The first-order valence-electron chi connectivity index (χ1n) is 7.06. The van der Waals surface area contributed by atoms with Gasteiger partial charge in [0.2, 0.25) is 10.0 Å². The number of epoxide rings is 1. The topological polar surface area (TPSA) is 49.7 Å². The fraction of sp³-hybridized carbons (Fsp3) is 0.600. The van der Waals surface area contributed by atoms with Crippen molar-refractivity contribution in [1.29, 1.82) is 0 Å². The van der Waals surface area contributed by atoms with Gasteiger partial charge in [-0.3, -0.25) is 0 Å². The van der Waals surface area contributed by atoms with Gasteiger partial charge in [-0.15, -0.1) is 0 Å². The van der Waals surface area contributed by atoms with Crippen molar-refractivity contribution in [3.8, 4) is 0 Å². The van der Waals surface area contributed by atoms with Crippen LogP contribution in [0.25, 0.3) is 0 Å². The highest BCUT2D eigenvalue weighted by Gasteiger charge is 2.75. The first-order valence-corrected chi connectivity index (χ1v) is 8.50. The molecule has 3 aliphatic rings. The lowest BCUT2D eigenvalue weighted by Gasteiger charge is -2.15. The Labute approximate surface area is 119 Å². The summed E-state index contributed by atoms with van der Waals surface area (Å²) in [5, 5.41) is 0. The lowest BCUT2D eigenvalue weighted by Crippen LogP contribution is -2.27. The molecule has 108 valence electrons. The maximum Gasteiger partial charge on any atom is 0.243 e. The zero-order valence-electron chi connectivity index (χ0n) is 12.0. The van der Waals surface area contributed by atoms with E-state index in [1.165, 1.54) is 0 Å². The monoisotopic (exact) mass is 293 g/mol. The first-order chi connectivity index (χ1) is 9.27. The summed E-state index contributed by atoms with van der Waals surface area (Å²) in [6, 6.07) is 7.21. The van der Waals surface area contributed by atoms with Gasteiger partial charge >= 0.3 is 0 Å². The summed E-state index contributed by atoms with van der Waals surface area (Å²) in [5.74, 6) is 0. The number of nitrogens with zero attached hydrogens (tertiary/aromatic N) is 1. The second-order valence-corrected chi connectivity index (χ2v) is 8.63. The summed E-state index contributed by atoms with van der Waals surface area (Å²) in [5.41, 5.74) is 0.743. The van der Waals surface area contributed by atoms with Crippen LogP contribution in [0, 0.1) is 6.92 Å². The van der Waals surface area contributed by atoms with Gasteiger partial charge in [-0.05, 0) is 45.7 Å². The van der Waals surface area contributed by atoms with Crippen LogP contribution in [0.5, 0.6) is 0 Å². The normalized spacial score (nSPS) is 45.5. The van der Waals surface area contributed by atoms with E-state index in [0.717, 1.165) is 18.4 Å². The molecule has 4 rings (SSSR count). The molecule has 0 N–H and O–H groups in total. The van der Waals surface area contributed by atoms with Gasteiger partial charge < -0.3 is 4.74 Å². The Morgan fingerprint density at radius 3 is 2.45 bits per heavy atom. The minimum atomic E-state index is -3.38. The molecule has 1 saturated carbocycles. The van der Waals surface area contributed by atoms with E-state index >= 15 is 0 Å². The van der Waals surface area contributed by atoms with E-state index in [4.69, 9.17) is 4.74 Å². The molecule has 1 aromatic rings. The second kappa shape index (κ2) is 3.46. The molecule has 2 heterocycles. The highest BCUT2D eigenvalue weighted by Crippen LogP contribution is 2.63. The van der Waals surface area contributed by atoms with Crippen LogP contribution in [-0.2, 0) is 14.8 Å². The quantitative estimate of drug-likeness (QED) is 0.784. The molecule has 1 aliphatic carbocycles. The van der Waals surface area contributed by atoms with E-state index in [-0.39, 0.29) is 23.3 Å². The highest BCUT2D eigenvalue weighted by molar-refractivity contribution is 7.89. The predicted molar refractivity (Wildman–Crippen MR) is 74.9 cm³/mol. The van der Waals surface area contributed by atoms with E-state index in [1.54, 1.807) is 16.4 Å². The van der Waals surface area contributed by atoms with E-state index in [1.807, 2.05) is 26.0 Å². The Hall–Kier alpha value is -0.910. The third kappa shape index (κ3) is 1.51. The van der Waals surface area contributed by atoms with Crippen LogP contribution in [0.1, 0.15) is 32.3 Å². The van der Waals surface area contributed by atoms with Gasteiger partial charge in [0.05, 0.1) is 22.1 Å². The third-order valence-electron chi connectivity index (χ3n) is 5.25. The lowest BCUT2D eigenvalue weighted by atomic mass is 9.84. The first kappa shape index (κ1) is 12.8. The minimum Gasteiger partial charge on any atom is -0.366 e. The van der Waals surface area contributed by atoms with Gasteiger partial charge in [0.15, 0.2) is 0 Å². The van der Waals surface area contributed by atoms with Crippen molar-refractivity contribution < 1.29 is 13.2 Å². The standard InChI is InChI=1S/C15H19NO3S/c1-10-4-6-11(7-5-10)20(17,18)16-12-8-15(3)13(19-15)9-14(12,16)2/h4-7,12-13H,8-9H2,1-3H3/t12-,13-,14+,15+,16?/m1/s1. The number of rotatable bonds is 2. The summed E-state index contributed by atoms with van der Waals surface area (Å²) in [7, 11) is -3.38. The van der Waals surface area contributed by atoms with Gasteiger partial charge in [-0.25, -0.2) is 8.42 Å². The molecule has 0 amide bonds. The fourth-order valence-electron chi connectivity index (χ4n) is 3.75. The molecule has 2 saturated heterocycles. The van der Waals surface area contributed by atoms with Crippen molar-refractivity contribution in [2.45, 2.75) is 61.8 Å². The molecule has 0 bridgehead atoms. The van der Waals surface area contributed by atoms with E-state index in [0.29, 0.717) is 4.90 Å². The van der Waals surface area contributed by atoms with Crippen molar-refractivity contribution in [3.63, 3.8) is 0 Å². The van der Waals surface area contributed by atoms with Crippen molar-refractivity contribution in [2.24, 2.45) is 0 Å². The molecule has 5 atom stereocenters. The van der Waals surface area contributed by atoms with Gasteiger partial charge in [-0.2, -0.15) is 4.31 Å². The smallest absolute Gasteiger partial charge is 0.243 e. The Kier molecular flexibility index (Phi) is 2.21. The summed E-state index contributed by atoms with van der Waals surface area (Å²) in [6.45, 7) is 6.09. The van der Waals surface area contributed by atoms with E-state index < -0.39 is 10.0 Å². The summed E-state index contributed by atoms with van der Waals surface area (Å²) in [4.78, 5) is 0.401. The van der Waals surface area contributed by atoms with Crippen LogP contribution in [0.4, 0.5) is 0 Å². The Morgan fingerprint density at radius 2 is 1.85 bits per heavy atom. The predicted octanol–water partition coefficient (Wildman–Crippen LogP) is 2.08. The van der Waals surface area contributed by atoms with Crippen LogP contribution in [0.2, 0.25) is 0 Å². The average Bonchev–Trinajstić information content (AvgIpc) is 3.16. The molecule has 0 aromatic heterocycles. The van der Waals surface area contributed by atoms with Gasteiger partial charge in [-0.1, -0.05) is 17.7 Å². The van der Waals surface area contributed by atoms with Gasteiger partial charge in [0, 0.05) is 6.04 Å². The van der Waals surface area contributed by atoms with E-state index in [9.17, 15) is 8.42 Å². The number of aryl methyl sites for hydroxylation is 1. The minimum absolute atomic E-state index is 0.0816. The summed E-state index contributed by atoms with van der Waals surface area (Å²) < 4.78 is 33.0. The molecule has 3 fully saturated rings. The van der Waals surface area contributed by atoms with E-state index in [2.05, 4.69) is 6.92 Å². The molecule has 0 radical (unpaired) electrons. The number of sulfonamides is 1. The molecular formula is C15H19NO3S. The number of hydrogen-bond acceptors (Lipinski definition) is 3. The van der Waals surface area contributed by atoms with Crippen molar-refractivity contribution in [3.05, 3.63) is 29.8 Å². The molecule has 1 aromatic carbocycles. The van der Waals surface area contributed by atoms with Crippen molar-refractivity contribution in [2.75, 3.05) is 0 Å². The summed E-state index contributed by atoms with van der Waals surface area (Å²) in [6.07, 6.45) is 1.88. The average molecular weight is 293 g/mol. The molecule has 2 aliphatic heterocycles. The summed E-state index contributed by atoms with van der Waals surface area (Å²) >= 11 is 0. The van der Waals surface area contributed by atoms with Crippen LogP contribution >= 0.6 is 0 Å². The zero-order chi connectivity index (χ0) is 14.3. The highest BCUT2D eigenvalue weighted by atomic mass is 32.2. The van der Waals surface area contributed by atoms with Crippen molar-refractivity contribution in [1.82, 2.24) is 4.31 Å².